The number of hydrogen-bond donors (Lipinski definition) is 1. The van der Waals surface area contributed by atoms with E-state index in [0.717, 1.165) is 0 Å². The van der Waals surface area contributed by atoms with Gasteiger partial charge in [0.25, 0.3) is 0 Å². The molecule has 1 amide bonds. The van der Waals surface area contributed by atoms with E-state index in [-0.39, 0.29) is 5.91 Å². The molecule has 1 rings (SSSR count). The summed E-state index contributed by atoms with van der Waals surface area (Å²) in [5, 5.41) is 3.14. The number of benzene rings is 1. The third-order valence-electron chi connectivity index (χ3n) is 3.08. The topological polar surface area (TPSA) is 32.3 Å². The molecule has 0 saturated carbocycles. The molecule has 0 unspecified atom stereocenters. The van der Waals surface area contributed by atoms with Crippen LogP contribution in [-0.2, 0) is 11.3 Å². The predicted molar refractivity (Wildman–Crippen MR) is 75.5 cm³/mol. The monoisotopic (exact) mass is 248 g/mol. The molecule has 18 heavy (non-hydrogen) atoms. The summed E-state index contributed by atoms with van der Waals surface area (Å²) >= 11 is 0. The minimum atomic E-state index is 0.127. The molecule has 0 aromatic heterocycles. The van der Waals surface area contributed by atoms with Gasteiger partial charge in [0.1, 0.15) is 0 Å². The van der Waals surface area contributed by atoms with Gasteiger partial charge in [0, 0.05) is 19.6 Å². The van der Waals surface area contributed by atoms with Crippen molar-refractivity contribution in [3.05, 3.63) is 34.9 Å². The molecule has 0 radical (unpaired) electrons. The van der Waals surface area contributed by atoms with Crippen LogP contribution in [0.15, 0.2) is 18.2 Å². The molecular formula is C15H24N2O. The summed E-state index contributed by atoms with van der Waals surface area (Å²) in [5.74, 6) is 0.127. The molecule has 1 aromatic carbocycles. The quantitative estimate of drug-likeness (QED) is 0.867. The third kappa shape index (κ3) is 4.49. The Kier molecular flexibility index (Phi) is 5.35. The minimum Gasteiger partial charge on any atom is -0.340 e. The number of hydrogen-bond acceptors (Lipinski definition) is 2. The first kappa shape index (κ1) is 14.7. The van der Waals surface area contributed by atoms with Crippen LogP contribution in [0.25, 0.3) is 0 Å². The molecule has 1 aromatic rings. The molecule has 100 valence electrons. The molecular weight excluding hydrogens is 224 g/mol. The summed E-state index contributed by atoms with van der Waals surface area (Å²) in [6.07, 6.45) is 0. The van der Waals surface area contributed by atoms with Gasteiger partial charge in [-0.05, 0) is 30.5 Å². The molecule has 0 fully saturated rings. The first-order valence-corrected chi connectivity index (χ1v) is 6.43. The molecule has 0 saturated heterocycles. The fraction of sp³-hybridized carbons (Fsp3) is 0.533. The second-order valence-corrected chi connectivity index (χ2v) is 5.20. The van der Waals surface area contributed by atoms with Gasteiger partial charge in [0.05, 0.1) is 6.54 Å². The second kappa shape index (κ2) is 6.55. The van der Waals surface area contributed by atoms with Gasteiger partial charge < -0.3 is 10.2 Å². The molecule has 0 spiro atoms. The number of carbonyl (C=O) groups is 1. The fourth-order valence-corrected chi connectivity index (χ4v) is 1.69. The molecule has 0 aliphatic rings. The van der Waals surface area contributed by atoms with Crippen molar-refractivity contribution < 1.29 is 4.79 Å². The van der Waals surface area contributed by atoms with Gasteiger partial charge in [-0.2, -0.15) is 0 Å². The SMILES string of the molecule is Cc1ccc(CN(C)C(=O)CNC(C)C)cc1C. The molecule has 3 heteroatoms. The average molecular weight is 248 g/mol. The lowest BCUT2D eigenvalue weighted by atomic mass is 10.1. The van der Waals surface area contributed by atoms with E-state index in [2.05, 4.69) is 37.4 Å². The summed E-state index contributed by atoms with van der Waals surface area (Å²) in [6.45, 7) is 9.34. The van der Waals surface area contributed by atoms with Crippen LogP contribution in [0.4, 0.5) is 0 Å². The number of nitrogens with zero attached hydrogens (tertiary/aromatic N) is 1. The van der Waals surface area contributed by atoms with Gasteiger partial charge in [-0.25, -0.2) is 0 Å². The van der Waals surface area contributed by atoms with Gasteiger partial charge in [-0.1, -0.05) is 32.0 Å². The van der Waals surface area contributed by atoms with Crippen molar-refractivity contribution >= 4 is 5.91 Å². The van der Waals surface area contributed by atoms with E-state index >= 15 is 0 Å². The summed E-state index contributed by atoms with van der Waals surface area (Å²) in [4.78, 5) is 13.6. The Balaban J connectivity index is 2.55. The standard InChI is InChI=1S/C15H24N2O/c1-11(2)16-9-15(18)17(5)10-14-7-6-12(3)13(4)8-14/h6-8,11,16H,9-10H2,1-5H3. The van der Waals surface area contributed by atoms with Crippen LogP contribution in [0.2, 0.25) is 0 Å². The molecule has 0 atom stereocenters. The number of carbonyl (C=O) groups excluding carboxylic acids is 1. The zero-order valence-electron chi connectivity index (χ0n) is 12.1. The predicted octanol–water partition coefficient (Wildman–Crippen LogP) is 2.26. The van der Waals surface area contributed by atoms with E-state index in [1.54, 1.807) is 4.90 Å². The molecule has 0 heterocycles. The summed E-state index contributed by atoms with van der Waals surface area (Å²) < 4.78 is 0. The van der Waals surface area contributed by atoms with Crippen molar-refractivity contribution in [1.82, 2.24) is 10.2 Å². The first-order valence-electron chi connectivity index (χ1n) is 6.43. The molecule has 0 aliphatic carbocycles. The Hall–Kier alpha value is -1.35. The maximum Gasteiger partial charge on any atom is 0.236 e. The van der Waals surface area contributed by atoms with E-state index in [1.165, 1.54) is 16.7 Å². The smallest absolute Gasteiger partial charge is 0.236 e. The van der Waals surface area contributed by atoms with Crippen molar-refractivity contribution in [2.24, 2.45) is 0 Å². The van der Waals surface area contributed by atoms with Crippen molar-refractivity contribution in [1.29, 1.82) is 0 Å². The Morgan fingerprint density at radius 3 is 2.50 bits per heavy atom. The van der Waals surface area contributed by atoms with Crippen LogP contribution in [0.3, 0.4) is 0 Å². The van der Waals surface area contributed by atoms with E-state index in [9.17, 15) is 4.79 Å². The zero-order chi connectivity index (χ0) is 13.7. The first-order chi connectivity index (χ1) is 8.40. The summed E-state index contributed by atoms with van der Waals surface area (Å²) in [7, 11) is 1.85. The lowest BCUT2D eigenvalue weighted by Crippen LogP contribution is -2.37. The van der Waals surface area contributed by atoms with Crippen LogP contribution < -0.4 is 5.32 Å². The normalized spacial score (nSPS) is 10.8. The lowest BCUT2D eigenvalue weighted by molar-refractivity contribution is -0.129. The van der Waals surface area contributed by atoms with Crippen LogP contribution in [0.1, 0.15) is 30.5 Å². The Morgan fingerprint density at radius 2 is 1.94 bits per heavy atom. The number of nitrogens with one attached hydrogen (secondary N) is 1. The Labute approximate surface area is 110 Å². The Morgan fingerprint density at radius 1 is 1.28 bits per heavy atom. The van der Waals surface area contributed by atoms with Gasteiger partial charge in [0.2, 0.25) is 5.91 Å². The van der Waals surface area contributed by atoms with E-state index in [1.807, 2.05) is 20.9 Å². The number of aryl methyl sites for hydroxylation is 2. The molecule has 0 bridgehead atoms. The highest BCUT2D eigenvalue weighted by Crippen LogP contribution is 2.11. The van der Waals surface area contributed by atoms with Crippen molar-refractivity contribution in [2.75, 3.05) is 13.6 Å². The fourth-order valence-electron chi connectivity index (χ4n) is 1.69. The van der Waals surface area contributed by atoms with Crippen molar-refractivity contribution in [2.45, 2.75) is 40.3 Å². The van der Waals surface area contributed by atoms with Crippen molar-refractivity contribution in [3.63, 3.8) is 0 Å². The van der Waals surface area contributed by atoms with E-state index in [4.69, 9.17) is 0 Å². The van der Waals surface area contributed by atoms with Crippen molar-refractivity contribution in [3.8, 4) is 0 Å². The van der Waals surface area contributed by atoms with Gasteiger partial charge in [-0.15, -0.1) is 0 Å². The largest absolute Gasteiger partial charge is 0.340 e. The van der Waals surface area contributed by atoms with Gasteiger partial charge >= 0.3 is 0 Å². The van der Waals surface area contributed by atoms with E-state index in [0.29, 0.717) is 19.1 Å². The number of rotatable bonds is 5. The highest BCUT2D eigenvalue weighted by molar-refractivity contribution is 5.78. The van der Waals surface area contributed by atoms with Crippen LogP contribution in [-0.4, -0.2) is 30.4 Å². The third-order valence-corrected chi connectivity index (χ3v) is 3.08. The summed E-state index contributed by atoms with van der Waals surface area (Å²) in [5.41, 5.74) is 3.74. The van der Waals surface area contributed by atoms with E-state index < -0.39 is 0 Å². The molecule has 0 aliphatic heterocycles. The number of amides is 1. The molecule has 3 nitrogen and oxygen atoms in total. The lowest BCUT2D eigenvalue weighted by Gasteiger charge is -2.19. The second-order valence-electron chi connectivity index (χ2n) is 5.20. The molecule has 1 N–H and O–H groups in total. The van der Waals surface area contributed by atoms with Crippen LogP contribution in [0, 0.1) is 13.8 Å². The maximum atomic E-state index is 11.9. The van der Waals surface area contributed by atoms with Gasteiger partial charge in [-0.3, -0.25) is 4.79 Å². The highest BCUT2D eigenvalue weighted by atomic mass is 16.2. The number of likely N-dealkylation sites (N-methyl/N-ethyl adjacent to an activating group) is 1. The maximum absolute atomic E-state index is 11.9. The van der Waals surface area contributed by atoms with Crippen LogP contribution in [0.5, 0.6) is 0 Å². The highest BCUT2D eigenvalue weighted by Gasteiger charge is 2.09. The van der Waals surface area contributed by atoms with Crippen LogP contribution >= 0.6 is 0 Å². The average Bonchev–Trinajstić information content (AvgIpc) is 2.30. The van der Waals surface area contributed by atoms with Gasteiger partial charge in [0.15, 0.2) is 0 Å². The zero-order valence-corrected chi connectivity index (χ0v) is 12.1. The summed E-state index contributed by atoms with van der Waals surface area (Å²) in [6, 6.07) is 6.68. The minimum absolute atomic E-state index is 0.127. The Bertz CT molecular complexity index is 413.